The Morgan fingerprint density at radius 3 is 2.53 bits per heavy atom. The molecule has 0 fully saturated rings. The van der Waals surface area contributed by atoms with Crippen LogP contribution in [0.4, 0.5) is 5.69 Å². The number of rotatable bonds is 3. The van der Waals surface area contributed by atoms with Crippen molar-refractivity contribution in [2.75, 3.05) is 12.4 Å². The molecule has 0 bridgehead atoms. The van der Waals surface area contributed by atoms with E-state index in [0.717, 1.165) is 28.3 Å². The maximum Gasteiger partial charge on any atom is 0.137 e. The quantitative estimate of drug-likeness (QED) is 0.741. The van der Waals surface area contributed by atoms with Crippen LogP contribution in [0.2, 0.25) is 0 Å². The minimum atomic E-state index is 0.885. The third kappa shape index (κ3) is 2.36. The second-order valence-corrected chi connectivity index (χ2v) is 4.34. The Hall–Kier alpha value is -2.55. The topological polar surface area (TPSA) is 40.7 Å². The molecule has 3 rings (SSSR count). The van der Waals surface area contributed by atoms with Gasteiger partial charge in [0.1, 0.15) is 5.82 Å². The number of nitrogens with one attached hydrogen (secondary N) is 2. The lowest BCUT2D eigenvalue weighted by molar-refractivity contribution is 1.31. The molecule has 2 N–H and O–H groups in total. The van der Waals surface area contributed by atoms with Crippen LogP contribution in [0.5, 0.6) is 0 Å². The maximum atomic E-state index is 4.45. The number of anilines is 1. The van der Waals surface area contributed by atoms with Crippen LogP contribution in [0.25, 0.3) is 22.6 Å². The smallest absolute Gasteiger partial charge is 0.137 e. The van der Waals surface area contributed by atoms with Crippen LogP contribution in [-0.4, -0.2) is 17.0 Å². The normalized spacial score (nSPS) is 10.4. The Bertz CT molecular complexity index is 671. The maximum absolute atomic E-state index is 4.45. The van der Waals surface area contributed by atoms with Gasteiger partial charge >= 0.3 is 0 Å². The molecule has 94 valence electrons. The Kier molecular flexibility index (Phi) is 3.02. The van der Waals surface area contributed by atoms with E-state index in [1.807, 2.05) is 43.6 Å². The summed E-state index contributed by atoms with van der Waals surface area (Å²) in [6.07, 6.45) is 1.87. The highest BCUT2D eigenvalue weighted by atomic mass is 14.9. The Balaban J connectivity index is 1.97. The summed E-state index contributed by atoms with van der Waals surface area (Å²) in [7, 11) is 1.91. The van der Waals surface area contributed by atoms with Crippen LogP contribution in [0, 0.1) is 0 Å². The molecule has 0 atom stereocenters. The van der Waals surface area contributed by atoms with E-state index in [9.17, 15) is 0 Å². The zero-order chi connectivity index (χ0) is 13.1. The first-order valence-electron chi connectivity index (χ1n) is 6.25. The Labute approximate surface area is 112 Å². The Morgan fingerprint density at radius 2 is 1.74 bits per heavy atom. The van der Waals surface area contributed by atoms with Gasteiger partial charge in [-0.25, -0.2) is 4.98 Å². The minimum Gasteiger partial charge on any atom is -0.388 e. The molecule has 19 heavy (non-hydrogen) atoms. The predicted molar refractivity (Wildman–Crippen MR) is 79.0 cm³/mol. The van der Waals surface area contributed by atoms with E-state index in [1.165, 1.54) is 0 Å². The van der Waals surface area contributed by atoms with Gasteiger partial charge in [0.25, 0.3) is 0 Å². The first-order chi connectivity index (χ1) is 9.36. The molecule has 0 unspecified atom stereocenters. The third-order valence-corrected chi connectivity index (χ3v) is 3.09. The fraction of sp³-hybridized carbons (Fsp3) is 0.0625. The number of benzene rings is 2. The van der Waals surface area contributed by atoms with Crippen LogP contribution in [0.15, 0.2) is 60.8 Å². The molecule has 3 heteroatoms. The fourth-order valence-corrected chi connectivity index (χ4v) is 2.05. The highest BCUT2D eigenvalue weighted by Gasteiger charge is 2.05. The van der Waals surface area contributed by atoms with Crippen molar-refractivity contribution >= 4 is 5.69 Å². The molecule has 3 aromatic rings. The molecule has 0 radical (unpaired) electrons. The van der Waals surface area contributed by atoms with Crippen molar-refractivity contribution in [3.63, 3.8) is 0 Å². The van der Waals surface area contributed by atoms with Crippen molar-refractivity contribution in [3.8, 4) is 22.6 Å². The van der Waals surface area contributed by atoms with Gasteiger partial charge < -0.3 is 10.3 Å². The predicted octanol–water partition coefficient (Wildman–Crippen LogP) is 3.79. The number of nitrogens with zero attached hydrogens (tertiary/aromatic N) is 1. The van der Waals surface area contributed by atoms with E-state index in [1.54, 1.807) is 0 Å². The van der Waals surface area contributed by atoms with E-state index in [4.69, 9.17) is 0 Å². The summed E-state index contributed by atoms with van der Waals surface area (Å²) in [5.41, 5.74) is 4.33. The summed E-state index contributed by atoms with van der Waals surface area (Å²) in [5.74, 6) is 0.885. The molecule has 0 aliphatic heterocycles. The van der Waals surface area contributed by atoms with E-state index in [2.05, 4.69) is 39.6 Å². The van der Waals surface area contributed by atoms with E-state index in [-0.39, 0.29) is 0 Å². The summed E-state index contributed by atoms with van der Waals surface area (Å²) >= 11 is 0. The molecule has 0 aliphatic rings. The number of aromatic amines is 1. The van der Waals surface area contributed by atoms with Crippen molar-refractivity contribution in [1.82, 2.24) is 9.97 Å². The van der Waals surface area contributed by atoms with Crippen LogP contribution in [-0.2, 0) is 0 Å². The van der Waals surface area contributed by atoms with Crippen LogP contribution < -0.4 is 5.32 Å². The van der Waals surface area contributed by atoms with Gasteiger partial charge in [-0.3, -0.25) is 0 Å². The molecular weight excluding hydrogens is 234 g/mol. The molecule has 0 saturated heterocycles. The summed E-state index contributed by atoms with van der Waals surface area (Å²) in [4.78, 5) is 7.81. The number of aromatic nitrogens is 2. The molecule has 1 heterocycles. The first kappa shape index (κ1) is 11.5. The highest BCUT2D eigenvalue weighted by molar-refractivity contribution is 5.67. The van der Waals surface area contributed by atoms with Crippen LogP contribution >= 0.6 is 0 Å². The lowest BCUT2D eigenvalue weighted by atomic mass is 10.2. The first-order valence-corrected chi connectivity index (χ1v) is 6.25. The van der Waals surface area contributed by atoms with Gasteiger partial charge in [0.2, 0.25) is 0 Å². The zero-order valence-electron chi connectivity index (χ0n) is 10.7. The average Bonchev–Trinajstić information content (AvgIpc) is 2.98. The number of hydrogen-bond acceptors (Lipinski definition) is 2. The molecule has 0 saturated carbocycles. The highest BCUT2D eigenvalue weighted by Crippen LogP contribution is 2.23. The van der Waals surface area contributed by atoms with Gasteiger partial charge in [0.05, 0.1) is 11.9 Å². The van der Waals surface area contributed by atoms with Crippen molar-refractivity contribution in [1.29, 1.82) is 0 Å². The van der Waals surface area contributed by atoms with Crippen molar-refractivity contribution in [2.24, 2.45) is 0 Å². The van der Waals surface area contributed by atoms with Gasteiger partial charge in [-0.2, -0.15) is 0 Å². The third-order valence-electron chi connectivity index (χ3n) is 3.09. The van der Waals surface area contributed by atoms with Crippen LogP contribution in [0.3, 0.4) is 0 Å². The molecule has 2 aromatic carbocycles. The van der Waals surface area contributed by atoms with Crippen molar-refractivity contribution < 1.29 is 0 Å². The lowest BCUT2D eigenvalue weighted by Gasteiger charge is -2.02. The molecule has 0 spiro atoms. The summed E-state index contributed by atoms with van der Waals surface area (Å²) in [6.45, 7) is 0. The van der Waals surface area contributed by atoms with Crippen molar-refractivity contribution in [2.45, 2.75) is 0 Å². The second kappa shape index (κ2) is 4.98. The van der Waals surface area contributed by atoms with E-state index in [0.29, 0.717) is 0 Å². The standard InChI is InChI=1S/C16H15N3/c1-17-14-9-5-8-13(10-14)16-18-11-15(19-16)12-6-3-2-4-7-12/h2-11,17H,1H3,(H,18,19). The summed E-state index contributed by atoms with van der Waals surface area (Å²) < 4.78 is 0. The van der Waals surface area contributed by atoms with Gasteiger partial charge in [0, 0.05) is 18.3 Å². The van der Waals surface area contributed by atoms with E-state index >= 15 is 0 Å². The largest absolute Gasteiger partial charge is 0.388 e. The second-order valence-electron chi connectivity index (χ2n) is 4.34. The monoisotopic (exact) mass is 249 g/mol. The minimum absolute atomic E-state index is 0.885. The molecule has 0 aliphatic carbocycles. The number of imidazole rings is 1. The van der Waals surface area contributed by atoms with E-state index < -0.39 is 0 Å². The molecule has 3 nitrogen and oxygen atoms in total. The molecular formula is C16H15N3. The molecule has 1 aromatic heterocycles. The summed E-state index contributed by atoms with van der Waals surface area (Å²) in [6, 6.07) is 18.4. The van der Waals surface area contributed by atoms with Gasteiger partial charge in [-0.05, 0) is 17.7 Å². The molecule has 0 amide bonds. The summed E-state index contributed by atoms with van der Waals surface area (Å²) in [5, 5.41) is 3.13. The number of hydrogen-bond donors (Lipinski definition) is 2. The van der Waals surface area contributed by atoms with Gasteiger partial charge in [0.15, 0.2) is 0 Å². The average molecular weight is 249 g/mol. The van der Waals surface area contributed by atoms with Crippen molar-refractivity contribution in [3.05, 3.63) is 60.8 Å². The zero-order valence-corrected chi connectivity index (χ0v) is 10.7. The van der Waals surface area contributed by atoms with Crippen LogP contribution in [0.1, 0.15) is 0 Å². The Morgan fingerprint density at radius 1 is 0.947 bits per heavy atom. The SMILES string of the molecule is CNc1cccc(-c2ncc(-c3ccccc3)[nH]2)c1. The lowest BCUT2D eigenvalue weighted by Crippen LogP contribution is -1.88. The van der Waals surface area contributed by atoms with Gasteiger partial charge in [-0.15, -0.1) is 0 Å². The van der Waals surface area contributed by atoms with Gasteiger partial charge in [-0.1, -0.05) is 42.5 Å². The fourth-order valence-electron chi connectivity index (χ4n) is 2.05. The number of H-pyrrole nitrogens is 1.